The van der Waals surface area contributed by atoms with Gasteiger partial charge in [0.05, 0.1) is 17.4 Å². The first kappa shape index (κ1) is 14.4. The van der Waals surface area contributed by atoms with E-state index in [-0.39, 0.29) is 17.4 Å². The summed E-state index contributed by atoms with van der Waals surface area (Å²) in [6.45, 7) is 4.05. The Morgan fingerprint density at radius 2 is 1.87 bits per heavy atom. The molecular weight excluding hydrogens is 218 g/mol. The molecule has 0 aliphatic heterocycles. The Morgan fingerprint density at radius 1 is 1.33 bits per heavy atom. The minimum absolute atomic E-state index is 0.0399. The Labute approximate surface area is 91.0 Å². The van der Waals surface area contributed by atoms with Gasteiger partial charge in [0, 0.05) is 13.1 Å². The molecule has 5 nitrogen and oxygen atoms in total. The van der Waals surface area contributed by atoms with E-state index in [2.05, 4.69) is 0 Å². The van der Waals surface area contributed by atoms with Crippen molar-refractivity contribution in [2.75, 3.05) is 25.9 Å². The fraction of sp³-hybridized carbons (Fsp3) is 0.889. The first-order valence-corrected chi connectivity index (χ1v) is 6.59. The summed E-state index contributed by atoms with van der Waals surface area (Å²) in [5, 5.41) is 8.06. The maximum atomic E-state index is 11.4. The maximum absolute atomic E-state index is 11.4. The van der Waals surface area contributed by atoms with Crippen LogP contribution in [0.2, 0.25) is 0 Å². The predicted molar refractivity (Wildman–Crippen MR) is 58.7 cm³/mol. The fourth-order valence-corrected chi connectivity index (χ4v) is 1.95. The fourth-order valence-electron chi connectivity index (χ4n) is 0.917. The van der Waals surface area contributed by atoms with E-state index >= 15 is 0 Å². The second kappa shape index (κ2) is 6.07. The second-order valence-corrected chi connectivity index (χ2v) is 6.54. The van der Waals surface area contributed by atoms with Crippen LogP contribution in [0.3, 0.4) is 0 Å². The summed E-state index contributed by atoms with van der Waals surface area (Å²) in [5.74, 6) is -0.783. The van der Waals surface area contributed by atoms with Gasteiger partial charge in [0.15, 0.2) is 9.84 Å². The SMILES string of the molecule is CC(C)S(=O)(=O)CCN(C)CCC(=O)O. The molecule has 0 aromatic heterocycles. The average molecular weight is 237 g/mol. The molecule has 90 valence electrons. The molecule has 0 saturated heterocycles. The normalized spacial score (nSPS) is 12.3. The third-order valence-corrected chi connectivity index (χ3v) is 4.37. The second-order valence-electron chi connectivity index (χ2n) is 3.86. The largest absolute Gasteiger partial charge is 0.481 e. The highest BCUT2D eigenvalue weighted by Crippen LogP contribution is 2.01. The van der Waals surface area contributed by atoms with E-state index in [9.17, 15) is 13.2 Å². The highest BCUT2D eigenvalue weighted by molar-refractivity contribution is 7.92. The van der Waals surface area contributed by atoms with Gasteiger partial charge in [-0.3, -0.25) is 4.79 Å². The van der Waals surface area contributed by atoms with Crippen LogP contribution in [-0.4, -0.2) is 55.5 Å². The molecule has 0 fully saturated rings. The van der Waals surface area contributed by atoms with Crippen molar-refractivity contribution in [1.82, 2.24) is 4.90 Å². The predicted octanol–water partition coefficient (Wildman–Crippen LogP) is 0.216. The molecule has 0 bridgehead atoms. The van der Waals surface area contributed by atoms with Crippen molar-refractivity contribution in [3.8, 4) is 0 Å². The number of carbonyl (C=O) groups is 1. The Bertz CT molecular complexity index is 297. The molecule has 1 N–H and O–H groups in total. The van der Waals surface area contributed by atoms with Crippen LogP contribution in [0.4, 0.5) is 0 Å². The molecule has 0 aromatic carbocycles. The minimum Gasteiger partial charge on any atom is -0.481 e. The third-order valence-electron chi connectivity index (χ3n) is 2.18. The number of carboxylic acid groups (broad SMARTS) is 1. The van der Waals surface area contributed by atoms with Gasteiger partial charge in [-0.25, -0.2) is 8.42 Å². The molecule has 0 aliphatic rings. The first-order chi connectivity index (χ1) is 6.75. The van der Waals surface area contributed by atoms with Crippen LogP contribution in [0.1, 0.15) is 20.3 Å². The molecule has 0 radical (unpaired) electrons. The van der Waals surface area contributed by atoms with Crippen molar-refractivity contribution < 1.29 is 18.3 Å². The van der Waals surface area contributed by atoms with Gasteiger partial charge in [0.25, 0.3) is 0 Å². The van der Waals surface area contributed by atoms with E-state index in [4.69, 9.17) is 5.11 Å². The van der Waals surface area contributed by atoms with Gasteiger partial charge in [-0.05, 0) is 20.9 Å². The molecule has 0 atom stereocenters. The molecule has 0 amide bonds. The molecule has 0 saturated carbocycles. The minimum atomic E-state index is -3.02. The van der Waals surface area contributed by atoms with Crippen molar-refractivity contribution in [2.24, 2.45) is 0 Å². The lowest BCUT2D eigenvalue weighted by Crippen LogP contribution is -2.30. The number of nitrogens with zero attached hydrogens (tertiary/aromatic N) is 1. The molecule has 0 aliphatic carbocycles. The summed E-state index contributed by atoms with van der Waals surface area (Å²) in [7, 11) is -1.30. The quantitative estimate of drug-likeness (QED) is 0.685. The molecule has 15 heavy (non-hydrogen) atoms. The summed E-state index contributed by atoms with van der Waals surface area (Å²) in [4.78, 5) is 12.0. The van der Waals surface area contributed by atoms with Crippen LogP contribution >= 0.6 is 0 Å². The van der Waals surface area contributed by atoms with Crippen LogP contribution in [-0.2, 0) is 14.6 Å². The van der Waals surface area contributed by atoms with Gasteiger partial charge in [0.1, 0.15) is 0 Å². The van der Waals surface area contributed by atoms with Crippen molar-refractivity contribution in [1.29, 1.82) is 0 Å². The van der Waals surface area contributed by atoms with Gasteiger partial charge < -0.3 is 10.0 Å². The van der Waals surface area contributed by atoms with Crippen molar-refractivity contribution in [2.45, 2.75) is 25.5 Å². The van der Waals surface area contributed by atoms with Crippen LogP contribution in [0.25, 0.3) is 0 Å². The standard InChI is InChI=1S/C9H19NO4S/c1-8(2)15(13,14)7-6-10(3)5-4-9(11)12/h8H,4-7H2,1-3H3,(H,11,12). The highest BCUT2D eigenvalue weighted by atomic mass is 32.2. The Hall–Kier alpha value is -0.620. The van der Waals surface area contributed by atoms with Crippen LogP contribution < -0.4 is 0 Å². The number of rotatable bonds is 7. The molecule has 6 heteroatoms. The summed E-state index contributed by atoms with van der Waals surface area (Å²) in [5.41, 5.74) is 0. The summed E-state index contributed by atoms with van der Waals surface area (Å²) < 4.78 is 22.9. The zero-order valence-electron chi connectivity index (χ0n) is 9.43. The Morgan fingerprint density at radius 3 is 2.27 bits per heavy atom. The van der Waals surface area contributed by atoms with Crippen molar-refractivity contribution in [3.63, 3.8) is 0 Å². The monoisotopic (exact) mass is 237 g/mol. The molecule has 0 rings (SSSR count). The van der Waals surface area contributed by atoms with E-state index in [1.54, 1.807) is 25.8 Å². The lowest BCUT2D eigenvalue weighted by molar-refractivity contribution is -0.137. The van der Waals surface area contributed by atoms with Gasteiger partial charge in [-0.15, -0.1) is 0 Å². The number of hydrogen-bond donors (Lipinski definition) is 1. The zero-order valence-corrected chi connectivity index (χ0v) is 10.2. The lowest BCUT2D eigenvalue weighted by atomic mass is 10.4. The summed E-state index contributed by atoms with van der Waals surface area (Å²) >= 11 is 0. The Balaban J connectivity index is 3.91. The zero-order chi connectivity index (χ0) is 12.1. The van der Waals surface area contributed by atoms with Crippen LogP contribution in [0.15, 0.2) is 0 Å². The third kappa shape index (κ3) is 6.46. The van der Waals surface area contributed by atoms with Gasteiger partial charge in [-0.2, -0.15) is 0 Å². The summed E-state index contributed by atoms with van der Waals surface area (Å²) in [6.07, 6.45) is 0.0399. The smallest absolute Gasteiger partial charge is 0.304 e. The van der Waals surface area contributed by atoms with Gasteiger partial charge in [0.2, 0.25) is 0 Å². The highest BCUT2D eigenvalue weighted by Gasteiger charge is 2.16. The van der Waals surface area contributed by atoms with Crippen molar-refractivity contribution >= 4 is 15.8 Å². The van der Waals surface area contributed by atoms with Gasteiger partial charge >= 0.3 is 5.97 Å². The number of hydrogen-bond acceptors (Lipinski definition) is 4. The number of sulfone groups is 1. The molecule has 0 unspecified atom stereocenters. The average Bonchev–Trinajstić information content (AvgIpc) is 2.11. The van der Waals surface area contributed by atoms with E-state index in [0.29, 0.717) is 13.1 Å². The molecule has 0 aromatic rings. The topological polar surface area (TPSA) is 74.7 Å². The number of aliphatic carboxylic acids is 1. The van der Waals surface area contributed by atoms with Crippen molar-refractivity contribution in [3.05, 3.63) is 0 Å². The van der Waals surface area contributed by atoms with E-state index < -0.39 is 15.8 Å². The summed E-state index contributed by atoms with van der Waals surface area (Å²) in [6, 6.07) is 0. The van der Waals surface area contributed by atoms with Crippen LogP contribution in [0, 0.1) is 0 Å². The Kier molecular flexibility index (Phi) is 5.82. The van der Waals surface area contributed by atoms with Crippen LogP contribution in [0.5, 0.6) is 0 Å². The van der Waals surface area contributed by atoms with E-state index in [1.165, 1.54) is 0 Å². The van der Waals surface area contributed by atoms with E-state index in [1.807, 2.05) is 0 Å². The molecular formula is C9H19NO4S. The first-order valence-electron chi connectivity index (χ1n) is 4.87. The maximum Gasteiger partial charge on any atom is 0.304 e. The molecule has 0 heterocycles. The molecule has 0 spiro atoms. The number of carboxylic acids is 1. The van der Waals surface area contributed by atoms with Gasteiger partial charge in [-0.1, -0.05) is 0 Å². The van der Waals surface area contributed by atoms with E-state index in [0.717, 1.165) is 0 Å². The lowest BCUT2D eigenvalue weighted by Gasteiger charge is -2.16.